The molecular formula is C18H25FN4. The van der Waals surface area contributed by atoms with Crippen LogP contribution in [-0.2, 0) is 6.42 Å². The summed E-state index contributed by atoms with van der Waals surface area (Å²) < 4.78 is 13.2. The molecule has 23 heavy (non-hydrogen) atoms. The smallest absolute Gasteiger partial charge is 0.191 e. The first-order valence-electron chi connectivity index (χ1n) is 8.44. The van der Waals surface area contributed by atoms with Crippen molar-refractivity contribution >= 4 is 16.9 Å². The Kier molecular flexibility index (Phi) is 4.84. The van der Waals surface area contributed by atoms with E-state index in [0.717, 1.165) is 35.7 Å². The van der Waals surface area contributed by atoms with E-state index in [9.17, 15) is 4.39 Å². The number of guanidine groups is 1. The van der Waals surface area contributed by atoms with E-state index in [-0.39, 0.29) is 5.82 Å². The van der Waals surface area contributed by atoms with E-state index in [1.807, 2.05) is 12.3 Å². The lowest BCUT2D eigenvalue weighted by Crippen LogP contribution is -2.40. The van der Waals surface area contributed by atoms with Crippen LogP contribution in [0.4, 0.5) is 4.39 Å². The first-order chi connectivity index (χ1) is 11.2. The van der Waals surface area contributed by atoms with Gasteiger partial charge in [0.05, 0.1) is 0 Å². The van der Waals surface area contributed by atoms with Gasteiger partial charge in [0.15, 0.2) is 5.96 Å². The molecule has 5 heteroatoms. The van der Waals surface area contributed by atoms with Crippen LogP contribution in [0.5, 0.6) is 0 Å². The Bertz CT molecular complexity index is 691. The molecule has 0 amide bonds. The summed E-state index contributed by atoms with van der Waals surface area (Å²) in [6, 6.07) is 5.46. The molecule has 1 aliphatic carbocycles. The Morgan fingerprint density at radius 1 is 1.43 bits per heavy atom. The van der Waals surface area contributed by atoms with Gasteiger partial charge in [0, 0.05) is 36.7 Å². The Labute approximate surface area is 136 Å². The third-order valence-corrected chi connectivity index (χ3v) is 4.54. The summed E-state index contributed by atoms with van der Waals surface area (Å²) in [6.07, 6.45) is 6.62. The van der Waals surface area contributed by atoms with Crippen molar-refractivity contribution in [3.8, 4) is 0 Å². The number of benzene rings is 1. The van der Waals surface area contributed by atoms with Gasteiger partial charge in [-0.05, 0) is 48.9 Å². The Balaban J connectivity index is 1.50. The number of aromatic nitrogens is 1. The second kappa shape index (κ2) is 7.02. The first kappa shape index (κ1) is 15.8. The number of H-pyrrole nitrogens is 1. The van der Waals surface area contributed by atoms with E-state index >= 15 is 0 Å². The highest BCUT2D eigenvalue weighted by atomic mass is 19.1. The number of aliphatic imine (C=N–C) groups is 1. The van der Waals surface area contributed by atoms with Gasteiger partial charge in [0.2, 0.25) is 0 Å². The van der Waals surface area contributed by atoms with Crippen LogP contribution >= 0.6 is 0 Å². The van der Waals surface area contributed by atoms with Crippen LogP contribution in [0, 0.1) is 11.7 Å². The maximum Gasteiger partial charge on any atom is 0.191 e. The molecule has 0 radical (unpaired) electrons. The van der Waals surface area contributed by atoms with E-state index in [0.29, 0.717) is 6.04 Å². The van der Waals surface area contributed by atoms with Gasteiger partial charge in [0.1, 0.15) is 5.82 Å². The van der Waals surface area contributed by atoms with Crippen molar-refractivity contribution in [1.29, 1.82) is 0 Å². The maximum absolute atomic E-state index is 13.2. The summed E-state index contributed by atoms with van der Waals surface area (Å²) in [5, 5.41) is 7.94. The van der Waals surface area contributed by atoms with Crippen molar-refractivity contribution < 1.29 is 4.39 Å². The van der Waals surface area contributed by atoms with Crippen LogP contribution in [0.3, 0.4) is 0 Å². The van der Waals surface area contributed by atoms with Crippen LogP contribution < -0.4 is 10.6 Å². The predicted molar refractivity (Wildman–Crippen MR) is 93.3 cm³/mol. The molecule has 0 aliphatic heterocycles. The summed E-state index contributed by atoms with van der Waals surface area (Å²) >= 11 is 0. The van der Waals surface area contributed by atoms with Gasteiger partial charge in [-0.2, -0.15) is 0 Å². The highest BCUT2D eigenvalue weighted by Gasteiger charge is 2.36. The van der Waals surface area contributed by atoms with Crippen molar-refractivity contribution in [3.63, 3.8) is 0 Å². The first-order valence-corrected chi connectivity index (χ1v) is 8.44. The van der Waals surface area contributed by atoms with Gasteiger partial charge in [-0.25, -0.2) is 4.39 Å². The number of rotatable bonds is 6. The molecule has 2 atom stereocenters. The molecule has 1 heterocycles. The molecule has 0 saturated heterocycles. The topological polar surface area (TPSA) is 52.2 Å². The zero-order chi connectivity index (χ0) is 16.2. The van der Waals surface area contributed by atoms with Crippen molar-refractivity contribution in [2.24, 2.45) is 10.9 Å². The lowest BCUT2D eigenvalue weighted by atomic mass is 10.1. The molecule has 2 unspecified atom stereocenters. The van der Waals surface area contributed by atoms with Crippen LogP contribution in [0.2, 0.25) is 0 Å². The minimum Gasteiger partial charge on any atom is -0.361 e. The molecule has 0 spiro atoms. The number of halogens is 1. The number of hydrogen-bond donors (Lipinski definition) is 3. The van der Waals surface area contributed by atoms with E-state index in [1.54, 1.807) is 7.05 Å². The second-order valence-corrected chi connectivity index (χ2v) is 6.29. The number of nitrogens with zero attached hydrogens (tertiary/aromatic N) is 1. The third-order valence-electron chi connectivity index (χ3n) is 4.54. The van der Waals surface area contributed by atoms with Crippen molar-refractivity contribution in [3.05, 3.63) is 35.8 Å². The number of nitrogens with one attached hydrogen (secondary N) is 3. The van der Waals surface area contributed by atoms with Crippen molar-refractivity contribution in [2.45, 2.75) is 38.6 Å². The van der Waals surface area contributed by atoms with E-state index in [2.05, 4.69) is 27.5 Å². The van der Waals surface area contributed by atoms with Crippen LogP contribution in [0.1, 0.15) is 31.7 Å². The third kappa shape index (κ3) is 3.84. The fourth-order valence-electron chi connectivity index (χ4n) is 3.17. The maximum atomic E-state index is 13.2. The Morgan fingerprint density at radius 2 is 2.30 bits per heavy atom. The highest BCUT2D eigenvalue weighted by Crippen LogP contribution is 2.34. The minimum absolute atomic E-state index is 0.209. The van der Waals surface area contributed by atoms with Crippen LogP contribution in [-0.4, -0.2) is 30.6 Å². The standard InChI is InChI=1S/C18H25FN4/c1-3-4-12-9-16(12)23-18(20-2)21-8-7-13-11-22-17-10-14(19)5-6-15(13)17/h5-6,10-12,16,22H,3-4,7-9H2,1-2H3,(H2,20,21,23). The molecular weight excluding hydrogens is 291 g/mol. The fraction of sp³-hybridized carbons (Fsp3) is 0.500. The molecule has 3 N–H and O–H groups in total. The summed E-state index contributed by atoms with van der Waals surface area (Å²) in [6.45, 7) is 3.03. The second-order valence-electron chi connectivity index (χ2n) is 6.29. The Hall–Kier alpha value is -2.04. The Morgan fingerprint density at radius 3 is 3.09 bits per heavy atom. The SMILES string of the molecule is CCCC1CC1NC(=NC)NCCc1c[nH]c2cc(F)ccc12. The van der Waals surface area contributed by atoms with E-state index < -0.39 is 0 Å². The minimum atomic E-state index is -0.209. The number of aromatic amines is 1. The highest BCUT2D eigenvalue weighted by molar-refractivity contribution is 5.83. The zero-order valence-corrected chi connectivity index (χ0v) is 13.8. The van der Waals surface area contributed by atoms with Gasteiger partial charge in [-0.1, -0.05) is 13.3 Å². The molecule has 1 aliphatic rings. The van der Waals surface area contributed by atoms with Gasteiger partial charge in [-0.3, -0.25) is 4.99 Å². The largest absolute Gasteiger partial charge is 0.361 e. The van der Waals surface area contributed by atoms with Gasteiger partial charge in [0.25, 0.3) is 0 Å². The quantitative estimate of drug-likeness (QED) is 0.566. The van der Waals surface area contributed by atoms with Gasteiger partial charge in [-0.15, -0.1) is 0 Å². The average Bonchev–Trinajstić information content (AvgIpc) is 3.15. The normalized spacial score (nSPS) is 20.7. The van der Waals surface area contributed by atoms with Gasteiger partial charge < -0.3 is 15.6 Å². The monoisotopic (exact) mass is 316 g/mol. The molecule has 1 aromatic carbocycles. The predicted octanol–water partition coefficient (Wildman–Crippen LogP) is 3.20. The molecule has 1 aromatic heterocycles. The number of hydrogen-bond acceptors (Lipinski definition) is 1. The molecule has 3 rings (SSSR count). The molecule has 2 aromatic rings. The molecule has 1 fully saturated rings. The molecule has 1 saturated carbocycles. The summed E-state index contributed by atoms with van der Waals surface area (Å²) in [5.74, 6) is 1.47. The lowest BCUT2D eigenvalue weighted by molar-refractivity contribution is 0.629. The average molecular weight is 316 g/mol. The zero-order valence-electron chi connectivity index (χ0n) is 13.8. The van der Waals surface area contributed by atoms with E-state index in [1.165, 1.54) is 37.0 Å². The van der Waals surface area contributed by atoms with Crippen molar-refractivity contribution in [1.82, 2.24) is 15.6 Å². The summed E-state index contributed by atoms with van der Waals surface area (Å²) in [7, 11) is 1.81. The summed E-state index contributed by atoms with van der Waals surface area (Å²) in [4.78, 5) is 7.42. The molecule has 124 valence electrons. The van der Waals surface area contributed by atoms with Crippen LogP contribution in [0.25, 0.3) is 10.9 Å². The summed E-state index contributed by atoms with van der Waals surface area (Å²) in [5.41, 5.74) is 2.04. The molecule has 4 nitrogen and oxygen atoms in total. The van der Waals surface area contributed by atoms with Crippen molar-refractivity contribution in [2.75, 3.05) is 13.6 Å². The lowest BCUT2D eigenvalue weighted by Gasteiger charge is -2.11. The van der Waals surface area contributed by atoms with Gasteiger partial charge >= 0.3 is 0 Å². The number of fused-ring (bicyclic) bond motifs is 1. The fourth-order valence-corrected chi connectivity index (χ4v) is 3.17. The van der Waals surface area contributed by atoms with Crippen LogP contribution in [0.15, 0.2) is 29.4 Å². The molecule has 0 bridgehead atoms. The van der Waals surface area contributed by atoms with E-state index in [4.69, 9.17) is 0 Å².